The first-order chi connectivity index (χ1) is 17.1. The molecule has 5 saturated carbocycles. The van der Waals surface area contributed by atoms with Crippen LogP contribution < -0.4 is 0 Å². The smallest absolute Gasteiger partial charge is 0.233 e. The molecule has 198 valence electrons. The first-order valence-corrected chi connectivity index (χ1v) is 15.7. The maximum atomic E-state index is 13.7. The summed E-state index contributed by atoms with van der Waals surface area (Å²) in [7, 11) is 0. The van der Waals surface area contributed by atoms with Gasteiger partial charge in [0.15, 0.2) is 0 Å². The second-order valence-electron chi connectivity index (χ2n) is 15.3. The molecule has 0 aromatic rings. The van der Waals surface area contributed by atoms with Crippen LogP contribution in [0.1, 0.15) is 99.3 Å². The van der Waals surface area contributed by atoms with Crippen LogP contribution in [0.4, 0.5) is 0 Å². The molecule has 12 atom stereocenters. The summed E-state index contributed by atoms with van der Waals surface area (Å²) < 4.78 is 0. The van der Waals surface area contributed by atoms with Crippen molar-refractivity contribution in [3.63, 3.8) is 0 Å². The number of imide groups is 1. The van der Waals surface area contributed by atoms with E-state index in [9.17, 15) is 9.59 Å². The summed E-state index contributed by atoms with van der Waals surface area (Å²) in [4.78, 5) is 29.0. The lowest BCUT2D eigenvalue weighted by atomic mass is 9.33. The van der Waals surface area contributed by atoms with Crippen LogP contribution in [-0.4, -0.2) is 23.3 Å². The Hall–Kier alpha value is -1.12. The monoisotopic (exact) mass is 491 g/mol. The molecule has 3 heteroatoms. The van der Waals surface area contributed by atoms with Gasteiger partial charge in [0.05, 0.1) is 11.8 Å². The first-order valence-electron chi connectivity index (χ1n) is 15.7. The van der Waals surface area contributed by atoms with Crippen molar-refractivity contribution in [3.05, 3.63) is 11.6 Å². The fourth-order valence-electron chi connectivity index (χ4n) is 13.0. The van der Waals surface area contributed by atoms with Crippen molar-refractivity contribution in [1.29, 1.82) is 0 Å². The van der Waals surface area contributed by atoms with Gasteiger partial charge in [0.25, 0.3) is 0 Å². The van der Waals surface area contributed by atoms with Crippen molar-refractivity contribution >= 4 is 11.8 Å². The SMILES string of the molecule is CCCN1C(=O)C2C3CC(C2C1=O)C1C3C2CC3C4(C)CCCC(C)(CC)C4CCC13C=C2C(C)C. The molecule has 1 heterocycles. The number of rotatable bonds is 4. The lowest BCUT2D eigenvalue weighted by Gasteiger charge is -2.71. The summed E-state index contributed by atoms with van der Waals surface area (Å²) in [5.74, 6) is 5.43. The van der Waals surface area contributed by atoms with Gasteiger partial charge in [-0.1, -0.05) is 66.0 Å². The van der Waals surface area contributed by atoms with E-state index in [0.29, 0.717) is 52.9 Å². The van der Waals surface area contributed by atoms with Crippen molar-refractivity contribution in [2.75, 3.05) is 6.54 Å². The van der Waals surface area contributed by atoms with Crippen LogP contribution in [0.3, 0.4) is 0 Å². The molecule has 0 aromatic heterocycles. The highest BCUT2D eigenvalue weighted by Crippen LogP contribution is 2.80. The molecular weight excluding hydrogens is 442 g/mol. The van der Waals surface area contributed by atoms with Gasteiger partial charge in [-0.2, -0.15) is 0 Å². The van der Waals surface area contributed by atoms with Gasteiger partial charge in [0.2, 0.25) is 11.8 Å². The molecule has 3 nitrogen and oxygen atoms in total. The van der Waals surface area contributed by atoms with Crippen LogP contribution in [-0.2, 0) is 9.59 Å². The van der Waals surface area contributed by atoms with Crippen LogP contribution in [0, 0.1) is 75.4 Å². The normalized spacial score (nSPS) is 54.5. The molecule has 2 amide bonds. The van der Waals surface area contributed by atoms with E-state index in [1.807, 2.05) is 0 Å². The first kappa shape index (κ1) is 24.0. The lowest BCUT2D eigenvalue weighted by Crippen LogP contribution is -2.65. The molecule has 7 aliphatic carbocycles. The zero-order valence-electron chi connectivity index (χ0n) is 23.7. The highest BCUT2D eigenvalue weighted by molar-refractivity contribution is 6.06. The Kier molecular flexibility index (Phi) is 4.99. The van der Waals surface area contributed by atoms with E-state index in [4.69, 9.17) is 0 Å². The van der Waals surface area contributed by atoms with Crippen molar-refractivity contribution in [2.45, 2.75) is 99.3 Å². The van der Waals surface area contributed by atoms with Crippen molar-refractivity contribution in [1.82, 2.24) is 4.90 Å². The molecule has 36 heavy (non-hydrogen) atoms. The highest BCUT2D eigenvalue weighted by atomic mass is 16.2. The summed E-state index contributed by atoms with van der Waals surface area (Å²) in [6.07, 6.45) is 14.5. The maximum absolute atomic E-state index is 13.7. The number of fused-ring (bicyclic) bond motifs is 6. The number of carbonyl (C=O) groups excluding carboxylic acids is 2. The quantitative estimate of drug-likeness (QED) is 0.310. The number of likely N-dealkylation sites (tertiary alicyclic amines) is 1. The molecule has 1 saturated heterocycles. The molecule has 8 aliphatic rings. The van der Waals surface area contributed by atoms with Crippen molar-refractivity contribution in [3.8, 4) is 0 Å². The fourth-order valence-corrected chi connectivity index (χ4v) is 13.0. The number of hydrogen-bond acceptors (Lipinski definition) is 2. The number of hydrogen-bond donors (Lipinski definition) is 0. The second-order valence-corrected chi connectivity index (χ2v) is 15.3. The predicted molar refractivity (Wildman–Crippen MR) is 143 cm³/mol. The topological polar surface area (TPSA) is 37.4 Å². The summed E-state index contributed by atoms with van der Waals surface area (Å²) >= 11 is 0. The largest absolute Gasteiger partial charge is 0.282 e. The third kappa shape index (κ3) is 2.58. The predicted octanol–water partition coefficient (Wildman–Crippen LogP) is 7.11. The Balaban J connectivity index is 1.34. The molecule has 0 aromatic carbocycles. The van der Waals surface area contributed by atoms with Crippen LogP contribution in [0.5, 0.6) is 0 Å². The van der Waals surface area contributed by atoms with Crippen molar-refractivity contribution < 1.29 is 9.59 Å². The van der Waals surface area contributed by atoms with Gasteiger partial charge in [-0.05, 0) is 109 Å². The van der Waals surface area contributed by atoms with Crippen LogP contribution in [0.2, 0.25) is 0 Å². The molecule has 0 N–H and O–H groups in total. The molecule has 1 spiro atoms. The fraction of sp³-hybridized carbons (Fsp3) is 0.879. The Bertz CT molecular complexity index is 1030. The van der Waals surface area contributed by atoms with E-state index in [1.165, 1.54) is 44.9 Å². The van der Waals surface area contributed by atoms with E-state index in [2.05, 4.69) is 47.6 Å². The van der Waals surface area contributed by atoms with Crippen LogP contribution in [0.15, 0.2) is 11.6 Å². The summed E-state index contributed by atoms with van der Waals surface area (Å²) in [6.45, 7) is 15.3. The van der Waals surface area contributed by atoms with E-state index >= 15 is 0 Å². The number of amides is 2. The zero-order chi connectivity index (χ0) is 25.4. The van der Waals surface area contributed by atoms with E-state index < -0.39 is 0 Å². The number of nitrogens with zero attached hydrogens (tertiary/aromatic N) is 1. The van der Waals surface area contributed by atoms with Gasteiger partial charge in [-0.15, -0.1) is 0 Å². The average Bonchev–Trinajstić information content (AvgIpc) is 3.51. The van der Waals surface area contributed by atoms with Gasteiger partial charge < -0.3 is 0 Å². The van der Waals surface area contributed by atoms with Gasteiger partial charge in [0, 0.05) is 6.54 Å². The minimum absolute atomic E-state index is 0.00151. The molecule has 4 bridgehead atoms. The molecular formula is C33H49NO2. The summed E-state index contributed by atoms with van der Waals surface area (Å²) in [5.41, 5.74) is 2.91. The molecule has 0 radical (unpaired) electrons. The number of carbonyl (C=O) groups is 2. The maximum Gasteiger partial charge on any atom is 0.233 e. The Morgan fingerprint density at radius 1 is 0.972 bits per heavy atom. The van der Waals surface area contributed by atoms with Crippen LogP contribution in [0.25, 0.3) is 0 Å². The minimum atomic E-state index is -0.00151. The standard InChI is InChI=1S/C33H49NO2/c1-7-14-34-29(35)26-20-15-21(27(26)30(34)36)28-25(20)19-16-24-32(6)12-9-11-31(5,8-2)23(32)10-13-33(24,28)17-22(19)18(3)4/h17-21,23-28H,7-16H2,1-6H3. The van der Waals surface area contributed by atoms with Crippen LogP contribution >= 0.6 is 0 Å². The van der Waals surface area contributed by atoms with E-state index in [0.717, 1.165) is 24.7 Å². The summed E-state index contributed by atoms with van der Waals surface area (Å²) in [5, 5.41) is 0. The molecule has 12 unspecified atom stereocenters. The zero-order valence-corrected chi connectivity index (χ0v) is 23.7. The van der Waals surface area contributed by atoms with Gasteiger partial charge >= 0.3 is 0 Å². The lowest BCUT2D eigenvalue weighted by molar-refractivity contribution is -0.199. The molecule has 1 aliphatic heterocycles. The van der Waals surface area contributed by atoms with Crippen molar-refractivity contribution in [2.24, 2.45) is 75.4 Å². The van der Waals surface area contributed by atoms with E-state index in [1.54, 1.807) is 10.5 Å². The van der Waals surface area contributed by atoms with E-state index in [-0.39, 0.29) is 29.1 Å². The third-order valence-electron chi connectivity index (χ3n) is 14.1. The van der Waals surface area contributed by atoms with Gasteiger partial charge in [-0.3, -0.25) is 14.5 Å². The Labute approximate surface area is 219 Å². The Morgan fingerprint density at radius 3 is 2.36 bits per heavy atom. The third-order valence-corrected chi connectivity index (χ3v) is 14.1. The number of allylic oxidation sites excluding steroid dienone is 2. The minimum Gasteiger partial charge on any atom is -0.282 e. The summed E-state index contributed by atoms with van der Waals surface area (Å²) in [6, 6.07) is 0. The second kappa shape index (κ2) is 7.50. The average molecular weight is 492 g/mol. The Morgan fingerprint density at radius 2 is 1.69 bits per heavy atom. The van der Waals surface area contributed by atoms with Gasteiger partial charge in [-0.25, -0.2) is 0 Å². The highest BCUT2D eigenvalue weighted by Gasteiger charge is 2.76. The van der Waals surface area contributed by atoms with Gasteiger partial charge in [0.1, 0.15) is 0 Å². The molecule has 6 fully saturated rings. The molecule has 8 rings (SSSR count).